The van der Waals surface area contributed by atoms with Crippen molar-refractivity contribution in [3.05, 3.63) is 65.9 Å². The second-order valence-corrected chi connectivity index (χ2v) is 9.22. The van der Waals surface area contributed by atoms with Gasteiger partial charge in [0.15, 0.2) is 6.19 Å². The van der Waals surface area contributed by atoms with Crippen molar-refractivity contribution in [1.29, 1.82) is 5.26 Å². The fourth-order valence-corrected chi connectivity index (χ4v) is 4.29. The van der Waals surface area contributed by atoms with Gasteiger partial charge in [0, 0.05) is 43.1 Å². The highest BCUT2D eigenvalue weighted by atomic mass is 16.5. The number of nitriles is 1. The summed E-state index contributed by atoms with van der Waals surface area (Å²) in [6.07, 6.45) is 6.32. The zero-order valence-electron chi connectivity index (χ0n) is 21.1. The fraction of sp³-hybridized carbons (Fsp3) is 0.321. The molecule has 38 heavy (non-hydrogen) atoms. The van der Waals surface area contributed by atoms with Gasteiger partial charge < -0.3 is 19.7 Å². The molecule has 0 spiro atoms. The van der Waals surface area contributed by atoms with Crippen molar-refractivity contribution in [3.8, 4) is 17.5 Å². The van der Waals surface area contributed by atoms with Crippen LogP contribution in [0.2, 0.25) is 0 Å². The van der Waals surface area contributed by atoms with Gasteiger partial charge in [0.2, 0.25) is 5.95 Å². The summed E-state index contributed by atoms with van der Waals surface area (Å²) in [5.74, 6) is -0.341. The topological polar surface area (TPSA) is 121 Å². The van der Waals surface area contributed by atoms with Gasteiger partial charge in [-0.15, -0.1) is 0 Å². The van der Waals surface area contributed by atoms with E-state index in [1.54, 1.807) is 48.8 Å². The smallest absolute Gasteiger partial charge is 0.340 e. The van der Waals surface area contributed by atoms with Crippen molar-refractivity contribution >= 4 is 29.2 Å². The van der Waals surface area contributed by atoms with Crippen molar-refractivity contribution in [3.63, 3.8) is 0 Å². The van der Waals surface area contributed by atoms with E-state index >= 15 is 0 Å². The number of nitrogens with one attached hydrogen (secondary N) is 1. The molecule has 0 atom stereocenters. The van der Waals surface area contributed by atoms with Gasteiger partial charge >= 0.3 is 5.97 Å². The first-order chi connectivity index (χ1) is 18.5. The average molecular weight is 513 g/mol. The number of benzene rings is 2. The lowest BCUT2D eigenvalue weighted by Gasteiger charge is -2.31. The summed E-state index contributed by atoms with van der Waals surface area (Å²) in [7, 11) is 1.42. The Morgan fingerprint density at radius 1 is 1.13 bits per heavy atom. The SMILES string of the molecule is CN(C#N)C(=O)c1ccc(-c2ccnc(Nc3ccc(N4CCOCC4)c(C(=O)OC4CCC4)c3)n2)cc1. The second kappa shape index (κ2) is 11.3. The fourth-order valence-electron chi connectivity index (χ4n) is 4.29. The van der Waals surface area contributed by atoms with Crippen LogP contribution >= 0.6 is 0 Å². The summed E-state index contributed by atoms with van der Waals surface area (Å²) in [5, 5.41) is 12.1. The van der Waals surface area contributed by atoms with Crippen LogP contribution in [0.5, 0.6) is 0 Å². The van der Waals surface area contributed by atoms with E-state index in [9.17, 15) is 9.59 Å². The molecule has 1 aliphatic heterocycles. The minimum atomic E-state index is -0.378. The van der Waals surface area contributed by atoms with E-state index in [0.717, 1.165) is 35.4 Å². The second-order valence-electron chi connectivity index (χ2n) is 9.22. The normalized spacial score (nSPS) is 15.2. The van der Waals surface area contributed by atoms with Crippen molar-refractivity contribution in [1.82, 2.24) is 14.9 Å². The first kappa shape index (κ1) is 25.2. The van der Waals surface area contributed by atoms with Crippen LogP contribution in [0.3, 0.4) is 0 Å². The van der Waals surface area contributed by atoms with E-state index in [0.29, 0.717) is 54.8 Å². The minimum absolute atomic E-state index is 0.0151. The number of ether oxygens (including phenoxy) is 2. The van der Waals surface area contributed by atoms with Crippen LogP contribution in [0.4, 0.5) is 17.3 Å². The monoisotopic (exact) mass is 512 g/mol. The molecule has 1 saturated carbocycles. The third-order valence-electron chi connectivity index (χ3n) is 6.69. The molecule has 1 aromatic heterocycles. The predicted octanol–water partition coefficient (Wildman–Crippen LogP) is 3.99. The molecule has 3 aromatic rings. The van der Waals surface area contributed by atoms with Gasteiger partial charge in [0.25, 0.3) is 5.91 Å². The molecular weight excluding hydrogens is 484 g/mol. The summed E-state index contributed by atoms with van der Waals surface area (Å²) in [4.78, 5) is 37.4. The van der Waals surface area contributed by atoms with Crippen molar-refractivity contribution in [2.24, 2.45) is 0 Å². The van der Waals surface area contributed by atoms with Gasteiger partial charge in [-0.2, -0.15) is 5.26 Å². The quantitative estimate of drug-likeness (QED) is 0.285. The summed E-state index contributed by atoms with van der Waals surface area (Å²) in [6, 6.07) is 14.2. The number of hydrogen-bond donors (Lipinski definition) is 1. The Bertz CT molecular complexity index is 1360. The summed E-state index contributed by atoms with van der Waals surface area (Å²) in [5.41, 5.74) is 3.85. The highest BCUT2D eigenvalue weighted by Gasteiger charge is 2.26. The lowest BCUT2D eigenvalue weighted by atomic mass is 9.96. The maximum Gasteiger partial charge on any atom is 0.340 e. The molecule has 2 aliphatic rings. The van der Waals surface area contributed by atoms with Crippen LogP contribution in [-0.4, -0.2) is 66.2 Å². The van der Waals surface area contributed by atoms with E-state index in [4.69, 9.17) is 14.7 Å². The van der Waals surface area contributed by atoms with Crippen LogP contribution in [0.25, 0.3) is 11.3 Å². The van der Waals surface area contributed by atoms with Crippen LogP contribution in [0.1, 0.15) is 40.0 Å². The Hall–Kier alpha value is -4.49. The number of aromatic nitrogens is 2. The molecule has 1 aliphatic carbocycles. The van der Waals surface area contributed by atoms with Gasteiger partial charge in [-0.05, 0) is 55.7 Å². The summed E-state index contributed by atoms with van der Waals surface area (Å²) in [6.45, 7) is 2.64. The lowest BCUT2D eigenvalue weighted by Crippen LogP contribution is -2.37. The summed E-state index contributed by atoms with van der Waals surface area (Å²) < 4.78 is 11.2. The zero-order valence-corrected chi connectivity index (χ0v) is 21.1. The molecule has 0 bridgehead atoms. The Kier molecular flexibility index (Phi) is 7.47. The van der Waals surface area contributed by atoms with Crippen molar-refractivity contribution in [2.75, 3.05) is 43.6 Å². The third-order valence-corrected chi connectivity index (χ3v) is 6.69. The minimum Gasteiger partial charge on any atom is -0.459 e. The van der Waals surface area contributed by atoms with E-state index in [2.05, 4.69) is 20.2 Å². The van der Waals surface area contributed by atoms with Gasteiger partial charge in [-0.25, -0.2) is 19.7 Å². The number of morpholine rings is 1. The standard InChI is InChI=1S/C28H28N6O4/c1-33(18-29)26(35)20-7-5-19(6-8-20)24-11-12-30-28(32-24)31-21-9-10-25(34-13-15-37-16-14-34)23(17-21)27(36)38-22-3-2-4-22/h5-12,17,22H,2-4,13-16H2,1H3,(H,30,31,32). The number of carbonyl (C=O) groups excluding carboxylic acids is 2. The largest absolute Gasteiger partial charge is 0.459 e. The third kappa shape index (κ3) is 5.58. The number of anilines is 3. The number of nitrogens with zero attached hydrogens (tertiary/aromatic N) is 5. The highest BCUT2D eigenvalue weighted by Crippen LogP contribution is 2.30. The molecule has 2 heterocycles. The van der Waals surface area contributed by atoms with Crippen molar-refractivity contribution in [2.45, 2.75) is 25.4 Å². The molecule has 0 radical (unpaired) electrons. The lowest BCUT2D eigenvalue weighted by molar-refractivity contribution is 0.00903. The first-order valence-electron chi connectivity index (χ1n) is 12.6. The van der Waals surface area contributed by atoms with E-state index in [-0.39, 0.29) is 18.0 Å². The number of carbonyl (C=O) groups is 2. The van der Waals surface area contributed by atoms with Crippen LogP contribution in [0, 0.1) is 11.5 Å². The Morgan fingerprint density at radius 2 is 1.89 bits per heavy atom. The number of esters is 1. The van der Waals surface area contributed by atoms with Gasteiger partial charge in [0.1, 0.15) is 6.10 Å². The molecule has 1 N–H and O–H groups in total. The molecule has 194 valence electrons. The average Bonchev–Trinajstić information content (AvgIpc) is 2.94. The molecule has 0 unspecified atom stereocenters. The van der Waals surface area contributed by atoms with Gasteiger partial charge in [0.05, 0.1) is 30.2 Å². The summed E-state index contributed by atoms with van der Waals surface area (Å²) >= 11 is 0. The highest BCUT2D eigenvalue weighted by molar-refractivity contribution is 5.97. The first-order valence-corrected chi connectivity index (χ1v) is 12.6. The number of hydrogen-bond acceptors (Lipinski definition) is 9. The predicted molar refractivity (Wildman–Crippen MR) is 141 cm³/mol. The molecule has 10 nitrogen and oxygen atoms in total. The molecule has 10 heteroatoms. The Labute approximate surface area is 220 Å². The van der Waals surface area contributed by atoms with Gasteiger partial charge in [-0.1, -0.05) is 12.1 Å². The molecule has 2 aromatic carbocycles. The maximum atomic E-state index is 13.1. The van der Waals surface area contributed by atoms with Crippen LogP contribution in [-0.2, 0) is 9.47 Å². The number of rotatable bonds is 7. The van der Waals surface area contributed by atoms with Gasteiger partial charge in [-0.3, -0.25) is 4.79 Å². The van der Waals surface area contributed by atoms with E-state index in [1.165, 1.54) is 7.05 Å². The van der Waals surface area contributed by atoms with Crippen LogP contribution < -0.4 is 10.2 Å². The molecule has 5 rings (SSSR count). The Morgan fingerprint density at radius 3 is 2.58 bits per heavy atom. The molecular formula is C28H28N6O4. The maximum absolute atomic E-state index is 13.1. The molecule has 1 saturated heterocycles. The zero-order chi connectivity index (χ0) is 26.5. The van der Waals surface area contributed by atoms with Crippen LogP contribution in [0.15, 0.2) is 54.7 Å². The van der Waals surface area contributed by atoms with Crippen molar-refractivity contribution < 1.29 is 19.1 Å². The van der Waals surface area contributed by atoms with E-state index < -0.39 is 0 Å². The number of amides is 1. The molecule has 1 amide bonds. The Balaban J connectivity index is 1.37. The molecule has 2 fully saturated rings. The van der Waals surface area contributed by atoms with E-state index in [1.807, 2.05) is 12.1 Å².